The second kappa shape index (κ2) is 4.10. The van der Waals surface area contributed by atoms with Crippen LogP contribution >= 0.6 is 15.9 Å². The third-order valence-corrected chi connectivity index (χ3v) is 4.46. The number of ketones is 2. The van der Waals surface area contributed by atoms with Gasteiger partial charge in [-0.3, -0.25) is 9.59 Å². The van der Waals surface area contributed by atoms with Gasteiger partial charge in [0.25, 0.3) is 0 Å². The Hall–Kier alpha value is -1.81. The van der Waals surface area contributed by atoms with Gasteiger partial charge in [0.15, 0.2) is 15.9 Å². The lowest BCUT2D eigenvalue weighted by atomic mass is 9.94. The Kier molecular flexibility index (Phi) is 2.64. The van der Waals surface area contributed by atoms with Gasteiger partial charge in [-0.05, 0) is 11.6 Å². The van der Waals surface area contributed by atoms with Crippen molar-refractivity contribution in [1.29, 1.82) is 0 Å². The number of fused-ring (bicyclic) bond motifs is 1. The van der Waals surface area contributed by atoms with E-state index in [-0.39, 0.29) is 11.1 Å². The van der Waals surface area contributed by atoms with E-state index >= 15 is 0 Å². The molecule has 4 heteroatoms. The molecule has 0 aromatic heterocycles. The monoisotopic (exact) mass is 318 g/mol. The molecule has 1 atom stereocenters. The number of hydrogen-bond acceptors (Lipinski definition) is 2. The van der Waals surface area contributed by atoms with Crippen LogP contribution in [0.1, 0.15) is 26.3 Å². The number of halogens is 2. The fraction of sp³-hybridized carbons (Fsp3) is 0.0667. The van der Waals surface area contributed by atoms with Crippen molar-refractivity contribution in [2.24, 2.45) is 0 Å². The normalized spacial score (nSPS) is 21.6. The van der Waals surface area contributed by atoms with Gasteiger partial charge in [-0.25, -0.2) is 4.39 Å². The van der Waals surface area contributed by atoms with Crippen molar-refractivity contribution >= 4 is 27.5 Å². The van der Waals surface area contributed by atoms with Crippen molar-refractivity contribution in [1.82, 2.24) is 0 Å². The van der Waals surface area contributed by atoms with Gasteiger partial charge in [-0.1, -0.05) is 58.4 Å². The highest BCUT2D eigenvalue weighted by molar-refractivity contribution is 9.10. The summed E-state index contributed by atoms with van der Waals surface area (Å²) in [6, 6.07) is 12.7. The molecule has 1 aliphatic rings. The highest BCUT2D eigenvalue weighted by Crippen LogP contribution is 2.45. The SMILES string of the molecule is O=C1c2cccc(F)c2C(=O)C1(Br)c1ccccc1. The van der Waals surface area contributed by atoms with Gasteiger partial charge in [0, 0.05) is 5.56 Å². The van der Waals surface area contributed by atoms with Crippen LogP contribution in [0.2, 0.25) is 0 Å². The van der Waals surface area contributed by atoms with Gasteiger partial charge >= 0.3 is 0 Å². The molecule has 1 aliphatic carbocycles. The lowest BCUT2D eigenvalue weighted by molar-refractivity contribution is 0.0870. The van der Waals surface area contributed by atoms with Crippen LogP contribution in [0.5, 0.6) is 0 Å². The Morgan fingerprint density at radius 3 is 2.21 bits per heavy atom. The number of Topliss-reactive ketones (excluding diaryl/α,β-unsaturated/α-hetero) is 2. The minimum atomic E-state index is -1.50. The fourth-order valence-electron chi connectivity index (χ4n) is 2.34. The summed E-state index contributed by atoms with van der Waals surface area (Å²) in [5, 5.41) is 0. The molecule has 0 heterocycles. The molecule has 0 bridgehead atoms. The van der Waals surface area contributed by atoms with Crippen molar-refractivity contribution in [2.75, 3.05) is 0 Å². The highest BCUT2D eigenvalue weighted by atomic mass is 79.9. The van der Waals surface area contributed by atoms with E-state index in [1.807, 2.05) is 0 Å². The van der Waals surface area contributed by atoms with Crippen molar-refractivity contribution in [2.45, 2.75) is 4.32 Å². The van der Waals surface area contributed by atoms with Crippen LogP contribution in [0, 0.1) is 5.82 Å². The lowest BCUT2D eigenvalue weighted by Gasteiger charge is -2.18. The minimum absolute atomic E-state index is 0.130. The zero-order valence-electron chi connectivity index (χ0n) is 9.69. The summed E-state index contributed by atoms with van der Waals surface area (Å²) in [5.74, 6) is -1.62. The molecule has 1 unspecified atom stereocenters. The first-order valence-corrected chi connectivity index (χ1v) is 6.48. The van der Waals surface area contributed by atoms with Crippen LogP contribution < -0.4 is 0 Å². The molecule has 2 nitrogen and oxygen atoms in total. The van der Waals surface area contributed by atoms with Crippen LogP contribution in [-0.2, 0) is 4.32 Å². The van der Waals surface area contributed by atoms with Gasteiger partial charge in [-0.15, -0.1) is 0 Å². The molecular weight excluding hydrogens is 311 g/mol. The number of carbonyl (C=O) groups is 2. The third kappa shape index (κ3) is 1.53. The largest absolute Gasteiger partial charge is 0.292 e. The summed E-state index contributed by atoms with van der Waals surface area (Å²) >= 11 is 3.23. The van der Waals surface area contributed by atoms with Crippen molar-refractivity contribution in [3.63, 3.8) is 0 Å². The zero-order chi connectivity index (χ0) is 13.6. The Labute approximate surface area is 117 Å². The molecule has 0 spiro atoms. The van der Waals surface area contributed by atoms with Gasteiger partial charge in [0.05, 0.1) is 5.56 Å². The molecule has 0 radical (unpaired) electrons. The van der Waals surface area contributed by atoms with Crippen LogP contribution in [-0.4, -0.2) is 11.6 Å². The maximum absolute atomic E-state index is 13.8. The van der Waals surface area contributed by atoms with Crippen LogP contribution in [0.15, 0.2) is 48.5 Å². The highest BCUT2D eigenvalue weighted by Gasteiger charge is 2.53. The molecule has 2 aromatic rings. The Bertz CT molecular complexity index is 697. The Balaban J connectivity index is 2.26. The zero-order valence-corrected chi connectivity index (χ0v) is 11.3. The lowest BCUT2D eigenvalue weighted by Crippen LogP contribution is -2.31. The van der Waals surface area contributed by atoms with E-state index in [0.717, 1.165) is 0 Å². The smallest absolute Gasteiger partial charge is 0.195 e. The van der Waals surface area contributed by atoms with Crippen molar-refractivity contribution in [3.05, 3.63) is 71.0 Å². The first-order chi connectivity index (χ1) is 9.06. The summed E-state index contributed by atoms with van der Waals surface area (Å²) in [4.78, 5) is 24.9. The number of carbonyl (C=O) groups excluding carboxylic acids is 2. The van der Waals surface area contributed by atoms with Crippen LogP contribution in [0.25, 0.3) is 0 Å². The van der Waals surface area contributed by atoms with Gasteiger partial charge in [0.2, 0.25) is 0 Å². The average Bonchev–Trinajstić information content (AvgIpc) is 2.64. The van der Waals surface area contributed by atoms with E-state index in [0.29, 0.717) is 5.56 Å². The van der Waals surface area contributed by atoms with E-state index < -0.39 is 21.7 Å². The van der Waals surface area contributed by atoms with Gasteiger partial charge < -0.3 is 0 Å². The molecule has 0 saturated heterocycles. The quantitative estimate of drug-likeness (QED) is 0.595. The number of alkyl halides is 1. The van der Waals surface area contributed by atoms with E-state index in [1.165, 1.54) is 18.2 Å². The summed E-state index contributed by atoms with van der Waals surface area (Å²) in [6.07, 6.45) is 0. The molecule has 94 valence electrons. The molecule has 0 amide bonds. The summed E-state index contributed by atoms with van der Waals surface area (Å²) < 4.78 is 12.3. The molecule has 0 aliphatic heterocycles. The molecule has 0 fully saturated rings. The molecule has 0 N–H and O–H groups in total. The van der Waals surface area contributed by atoms with Crippen molar-refractivity contribution < 1.29 is 14.0 Å². The third-order valence-electron chi connectivity index (χ3n) is 3.28. The van der Waals surface area contributed by atoms with Gasteiger partial charge in [0.1, 0.15) is 5.82 Å². The number of rotatable bonds is 1. The van der Waals surface area contributed by atoms with E-state index in [2.05, 4.69) is 15.9 Å². The topological polar surface area (TPSA) is 34.1 Å². The first kappa shape index (κ1) is 12.2. The number of benzene rings is 2. The Morgan fingerprint density at radius 2 is 1.58 bits per heavy atom. The summed E-state index contributed by atoms with van der Waals surface area (Å²) in [7, 11) is 0. The Morgan fingerprint density at radius 1 is 0.895 bits per heavy atom. The molecule has 3 rings (SSSR count). The van der Waals surface area contributed by atoms with Gasteiger partial charge in [-0.2, -0.15) is 0 Å². The predicted molar refractivity (Wildman–Crippen MR) is 72.1 cm³/mol. The second-order valence-corrected chi connectivity index (χ2v) is 5.53. The summed E-state index contributed by atoms with van der Waals surface area (Å²) in [5.41, 5.74) is 0.513. The van der Waals surface area contributed by atoms with E-state index in [9.17, 15) is 14.0 Å². The molecule has 19 heavy (non-hydrogen) atoms. The van der Waals surface area contributed by atoms with Crippen molar-refractivity contribution in [3.8, 4) is 0 Å². The molecular formula is C15H8BrFO2. The van der Waals surface area contributed by atoms with E-state index in [1.54, 1.807) is 30.3 Å². The van der Waals surface area contributed by atoms with E-state index in [4.69, 9.17) is 0 Å². The predicted octanol–water partition coefficient (Wildman–Crippen LogP) is 3.50. The average molecular weight is 319 g/mol. The molecule has 0 saturated carbocycles. The minimum Gasteiger partial charge on any atom is -0.292 e. The second-order valence-electron chi connectivity index (χ2n) is 4.35. The van der Waals surface area contributed by atoms with Crippen LogP contribution in [0.4, 0.5) is 4.39 Å². The van der Waals surface area contributed by atoms with Crippen LogP contribution in [0.3, 0.4) is 0 Å². The first-order valence-electron chi connectivity index (χ1n) is 5.69. The number of hydrogen-bond donors (Lipinski definition) is 0. The molecule has 2 aromatic carbocycles. The fourth-order valence-corrected chi connectivity index (χ4v) is 3.01. The maximum Gasteiger partial charge on any atom is 0.195 e. The standard InChI is InChI=1S/C15H8BrFO2/c16-15(9-5-2-1-3-6-9)13(18)10-7-4-8-11(17)12(10)14(15)19/h1-8H. The maximum atomic E-state index is 13.8. The summed E-state index contributed by atoms with van der Waals surface area (Å²) in [6.45, 7) is 0.